The second-order valence-corrected chi connectivity index (χ2v) is 5.90. The van der Waals surface area contributed by atoms with Gasteiger partial charge in [0.05, 0.1) is 18.5 Å². The third kappa shape index (κ3) is 4.10. The summed E-state index contributed by atoms with van der Waals surface area (Å²) in [7, 11) is -3.36. The molecule has 6 heteroatoms. The highest BCUT2D eigenvalue weighted by atomic mass is 32.2. The lowest BCUT2D eigenvalue weighted by molar-refractivity contribution is 0.0956. The van der Waals surface area contributed by atoms with Crippen LogP contribution in [0.2, 0.25) is 0 Å². The van der Waals surface area contributed by atoms with Crippen molar-refractivity contribution >= 4 is 21.6 Å². The van der Waals surface area contributed by atoms with Crippen molar-refractivity contribution in [2.45, 2.75) is 6.92 Å². The summed E-state index contributed by atoms with van der Waals surface area (Å²) < 4.78 is 24.5. The third-order valence-electron chi connectivity index (χ3n) is 2.45. The number of carbonyl (C=O) groups is 1. The molecule has 0 aliphatic rings. The van der Waals surface area contributed by atoms with Crippen molar-refractivity contribution in [3.63, 3.8) is 0 Å². The maximum atomic E-state index is 11.6. The van der Waals surface area contributed by atoms with Crippen molar-refractivity contribution in [3.8, 4) is 0 Å². The van der Waals surface area contributed by atoms with Crippen LogP contribution in [0.3, 0.4) is 0 Å². The number of sulfonamides is 1. The topological polar surface area (TPSA) is 66.5 Å². The van der Waals surface area contributed by atoms with E-state index in [2.05, 4.69) is 11.9 Å². The Hall–Kier alpha value is -1.82. The van der Waals surface area contributed by atoms with Crippen LogP contribution in [0.25, 0.3) is 0 Å². The molecule has 0 aromatic heterocycles. The molecule has 0 heterocycles. The number of rotatable bonds is 6. The lowest BCUT2D eigenvalue weighted by atomic mass is 10.2. The van der Waals surface area contributed by atoms with E-state index in [0.717, 1.165) is 6.26 Å². The van der Waals surface area contributed by atoms with Gasteiger partial charge in [0.2, 0.25) is 10.0 Å². The zero-order valence-corrected chi connectivity index (χ0v) is 11.9. The van der Waals surface area contributed by atoms with Crippen molar-refractivity contribution < 1.29 is 13.2 Å². The second kappa shape index (κ2) is 6.38. The first kappa shape index (κ1) is 15.2. The summed E-state index contributed by atoms with van der Waals surface area (Å²) in [6, 6.07) is 6.41. The molecule has 19 heavy (non-hydrogen) atoms. The van der Waals surface area contributed by atoms with E-state index in [4.69, 9.17) is 0 Å². The largest absolute Gasteiger partial charge is 0.352 e. The van der Waals surface area contributed by atoms with Crippen LogP contribution >= 0.6 is 0 Å². The van der Waals surface area contributed by atoms with Crippen LogP contribution in [0.5, 0.6) is 0 Å². The molecule has 0 saturated carbocycles. The predicted molar refractivity (Wildman–Crippen MR) is 76.8 cm³/mol. The number of nitrogens with zero attached hydrogens (tertiary/aromatic N) is 1. The highest BCUT2D eigenvalue weighted by Gasteiger charge is 2.16. The van der Waals surface area contributed by atoms with E-state index in [1.807, 2.05) is 6.92 Å². The molecule has 0 atom stereocenters. The number of amides is 1. The van der Waals surface area contributed by atoms with E-state index >= 15 is 0 Å². The van der Waals surface area contributed by atoms with E-state index in [1.165, 1.54) is 10.4 Å². The van der Waals surface area contributed by atoms with Crippen molar-refractivity contribution in [1.29, 1.82) is 0 Å². The number of anilines is 1. The Kier molecular flexibility index (Phi) is 5.11. The Morgan fingerprint density at radius 3 is 2.37 bits per heavy atom. The highest BCUT2D eigenvalue weighted by molar-refractivity contribution is 7.92. The molecule has 0 aliphatic carbocycles. The van der Waals surface area contributed by atoms with Gasteiger partial charge in [-0.15, -0.1) is 6.58 Å². The van der Waals surface area contributed by atoms with E-state index in [-0.39, 0.29) is 12.5 Å². The smallest absolute Gasteiger partial charge is 0.251 e. The molecular weight excluding hydrogens is 264 g/mol. The summed E-state index contributed by atoms with van der Waals surface area (Å²) in [6.07, 6.45) is 2.65. The standard InChI is InChI=1S/C13H18N2O3S/c1-4-10-15(19(3,17)18)12-8-6-11(7-9-12)13(16)14-5-2/h4,6-9H,1,5,10H2,2-3H3,(H,14,16). The molecule has 1 rings (SSSR count). The van der Waals surface area contributed by atoms with Crippen molar-refractivity contribution in [1.82, 2.24) is 5.32 Å². The second-order valence-electron chi connectivity index (χ2n) is 3.99. The van der Waals surface area contributed by atoms with Gasteiger partial charge in [-0.2, -0.15) is 0 Å². The van der Waals surface area contributed by atoms with Gasteiger partial charge >= 0.3 is 0 Å². The van der Waals surface area contributed by atoms with Crippen molar-refractivity contribution in [2.75, 3.05) is 23.7 Å². The van der Waals surface area contributed by atoms with Gasteiger partial charge in [-0.1, -0.05) is 6.08 Å². The Morgan fingerprint density at radius 1 is 1.37 bits per heavy atom. The van der Waals surface area contributed by atoms with Gasteiger partial charge in [0, 0.05) is 12.1 Å². The van der Waals surface area contributed by atoms with E-state index < -0.39 is 10.0 Å². The van der Waals surface area contributed by atoms with Gasteiger partial charge in [0.15, 0.2) is 0 Å². The average molecular weight is 282 g/mol. The van der Waals surface area contributed by atoms with Gasteiger partial charge in [-0.3, -0.25) is 9.10 Å². The molecular formula is C13H18N2O3S. The lowest BCUT2D eigenvalue weighted by Gasteiger charge is -2.20. The predicted octanol–water partition coefficient (Wildman–Crippen LogP) is 1.39. The normalized spacial score (nSPS) is 10.8. The number of carbonyl (C=O) groups excluding carboxylic acids is 1. The fraction of sp³-hybridized carbons (Fsp3) is 0.308. The minimum Gasteiger partial charge on any atom is -0.352 e. The van der Waals surface area contributed by atoms with E-state index in [9.17, 15) is 13.2 Å². The van der Waals surface area contributed by atoms with Crippen LogP contribution in [-0.2, 0) is 10.0 Å². The molecule has 0 bridgehead atoms. The summed E-state index contributed by atoms with van der Waals surface area (Å²) in [4.78, 5) is 11.6. The Labute approximate surface area is 114 Å². The highest BCUT2D eigenvalue weighted by Crippen LogP contribution is 2.18. The molecule has 0 fully saturated rings. The van der Waals surface area contributed by atoms with E-state index in [0.29, 0.717) is 17.8 Å². The molecule has 1 N–H and O–H groups in total. The molecule has 0 saturated heterocycles. The minimum atomic E-state index is -3.36. The fourth-order valence-corrected chi connectivity index (χ4v) is 2.47. The Morgan fingerprint density at radius 2 is 1.95 bits per heavy atom. The minimum absolute atomic E-state index is 0.177. The van der Waals surface area contributed by atoms with Crippen LogP contribution in [0.1, 0.15) is 17.3 Å². The molecule has 5 nitrogen and oxygen atoms in total. The van der Waals surface area contributed by atoms with E-state index in [1.54, 1.807) is 24.3 Å². The maximum absolute atomic E-state index is 11.6. The molecule has 0 radical (unpaired) electrons. The molecule has 1 aromatic carbocycles. The van der Waals surface area contributed by atoms with Gasteiger partial charge in [-0.25, -0.2) is 8.42 Å². The summed E-state index contributed by atoms with van der Waals surface area (Å²) in [5, 5.41) is 2.68. The van der Waals surface area contributed by atoms with Crippen LogP contribution in [0.15, 0.2) is 36.9 Å². The maximum Gasteiger partial charge on any atom is 0.251 e. The van der Waals surface area contributed by atoms with Crippen LogP contribution in [0, 0.1) is 0 Å². The first-order valence-electron chi connectivity index (χ1n) is 5.87. The fourth-order valence-electron chi connectivity index (χ4n) is 1.59. The van der Waals surface area contributed by atoms with Crippen LogP contribution in [-0.4, -0.2) is 33.7 Å². The molecule has 1 aromatic rings. The van der Waals surface area contributed by atoms with Crippen molar-refractivity contribution in [2.24, 2.45) is 0 Å². The number of hydrogen-bond acceptors (Lipinski definition) is 3. The summed E-state index contributed by atoms with van der Waals surface area (Å²) >= 11 is 0. The first-order chi connectivity index (χ1) is 8.90. The SMILES string of the molecule is C=CCN(c1ccc(C(=O)NCC)cc1)S(C)(=O)=O. The summed E-state index contributed by atoms with van der Waals surface area (Å²) in [5.41, 5.74) is 1.01. The zero-order chi connectivity index (χ0) is 14.5. The Balaban J connectivity index is 3.02. The quantitative estimate of drug-likeness (QED) is 0.802. The first-order valence-corrected chi connectivity index (χ1v) is 7.71. The van der Waals surface area contributed by atoms with Gasteiger partial charge in [0.1, 0.15) is 0 Å². The number of benzene rings is 1. The molecule has 0 aliphatic heterocycles. The van der Waals surface area contributed by atoms with Crippen molar-refractivity contribution in [3.05, 3.63) is 42.5 Å². The van der Waals surface area contributed by atoms with Gasteiger partial charge < -0.3 is 5.32 Å². The molecule has 1 amide bonds. The molecule has 104 valence electrons. The molecule has 0 unspecified atom stereocenters. The van der Waals surface area contributed by atoms with Crippen LogP contribution in [0.4, 0.5) is 5.69 Å². The third-order valence-corrected chi connectivity index (χ3v) is 3.61. The number of nitrogens with one attached hydrogen (secondary N) is 1. The summed E-state index contributed by atoms with van der Waals surface area (Å²) in [5.74, 6) is -0.177. The lowest BCUT2D eigenvalue weighted by Crippen LogP contribution is -2.30. The monoisotopic (exact) mass is 282 g/mol. The van der Waals surface area contributed by atoms with Gasteiger partial charge in [-0.05, 0) is 31.2 Å². The zero-order valence-electron chi connectivity index (χ0n) is 11.1. The average Bonchev–Trinajstić information content (AvgIpc) is 2.35. The van der Waals surface area contributed by atoms with Crippen LogP contribution < -0.4 is 9.62 Å². The Bertz CT molecular complexity index is 550. The molecule has 0 spiro atoms. The number of hydrogen-bond donors (Lipinski definition) is 1. The van der Waals surface area contributed by atoms with Gasteiger partial charge in [0.25, 0.3) is 5.91 Å². The summed E-state index contributed by atoms with van der Waals surface area (Å²) in [6.45, 7) is 6.12.